The first-order chi connectivity index (χ1) is 4.92. The molecule has 0 aliphatic rings. The van der Waals surface area contributed by atoms with Gasteiger partial charge in [-0.1, -0.05) is 0 Å². The molecule has 1 unspecified atom stereocenters. The molecule has 11 heavy (non-hydrogen) atoms. The molecule has 4 N–H and O–H groups in total. The van der Waals surface area contributed by atoms with E-state index in [4.69, 9.17) is 4.79 Å². The van der Waals surface area contributed by atoms with Crippen molar-refractivity contribution in [1.29, 1.82) is 0 Å². The number of nitrogens with one attached hydrogen (secondary N) is 1. The second-order valence-corrected chi connectivity index (χ2v) is 2.30. The van der Waals surface area contributed by atoms with Crippen molar-refractivity contribution in [2.75, 3.05) is 21.1 Å². The van der Waals surface area contributed by atoms with Crippen LogP contribution in [0.1, 0.15) is 6.92 Å². The molecule has 0 radical (unpaired) electrons. The number of nitrogens with zero attached hydrogens (tertiary/aromatic N) is 1. The second-order valence-electron chi connectivity index (χ2n) is 2.30. The molecule has 1 amide bonds. The lowest BCUT2D eigenvalue weighted by Crippen LogP contribution is -2.51. The third kappa shape index (κ3) is 7.24. The topological polar surface area (TPSA) is 78.6 Å². The Hall–Kier alpha value is -0.650. The van der Waals surface area contributed by atoms with Gasteiger partial charge in [0.25, 0.3) is 0 Å². The zero-order chi connectivity index (χ0) is 9.49. The Bertz CT molecular complexity index is 104. The molecule has 1 atom stereocenters. The molecule has 0 fully saturated rings. The maximum atomic E-state index is 9.22. The number of carbonyl (C=O) groups is 1. The molecular formula is C6H17N3O2. The summed E-state index contributed by atoms with van der Waals surface area (Å²) < 4.78 is 0. The van der Waals surface area contributed by atoms with Gasteiger partial charge >= 0.3 is 0 Å². The fourth-order valence-corrected chi connectivity index (χ4v) is 0.224. The summed E-state index contributed by atoms with van der Waals surface area (Å²) in [5.41, 5.74) is 4.17. The lowest BCUT2D eigenvalue weighted by molar-refractivity contribution is -0.106. The molecule has 0 rings (SSSR count). The van der Waals surface area contributed by atoms with Gasteiger partial charge in [-0.25, -0.2) is 0 Å². The number of amides is 1. The van der Waals surface area contributed by atoms with Crippen LogP contribution >= 0.6 is 0 Å². The van der Waals surface area contributed by atoms with Gasteiger partial charge in [-0.15, -0.1) is 0 Å². The van der Waals surface area contributed by atoms with Gasteiger partial charge in [0.2, 0.25) is 6.41 Å². The van der Waals surface area contributed by atoms with E-state index >= 15 is 0 Å². The van der Waals surface area contributed by atoms with Crippen molar-refractivity contribution in [3.8, 4) is 0 Å². The Morgan fingerprint density at radius 1 is 1.64 bits per heavy atom. The van der Waals surface area contributed by atoms with Crippen molar-refractivity contribution in [2.24, 2.45) is 5.73 Å². The standard InChI is InChI=1S/C5H14N2O.CH3NO/c1-5(8,6-2)7(3)4;2-1-3/h6,8H,1-4H3;1H,(H2,2,3). The average molecular weight is 163 g/mol. The number of primary amides is 1. The average Bonchev–Trinajstić information content (AvgIpc) is 1.89. The summed E-state index contributed by atoms with van der Waals surface area (Å²) in [5.74, 6) is -0.875. The predicted molar refractivity (Wildman–Crippen MR) is 43.6 cm³/mol. The summed E-state index contributed by atoms with van der Waals surface area (Å²) in [6.07, 6.45) is 0.250. The molecule has 5 nitrogen and oxygen atoms in total. The molecule has 0 aliphatic heterocycles. The molecular weight excluding hydrogens is 146 g/mol. The summed E-state index contributed by atoms with van der Waals surface area (Å²) in [6, 6.07) is 0. The fourth-order valence-electron chi connectivity index (χ4n) is 0.224. The van der Waals surface area contributed by atoms with E-state index in [9.17, 15) is 5.11 Å². The van der Waals surface area contributed by atoms with Crippen molar-refractivity contribution in [3.05, 3.63) is 0 Å². The number of carbonyl (C=O) groups excluding carboxylic acids is 1. The van der Waals surface area contributed by atoms with Gasteiger partial charge in [0.05, 0.1) is 0 Å². The molecule has 0 aromatic rings. The molecule has 68 valence electrons. The van der Waals surface area contributed by atoms with Gasteiger partial charge in [-0.3, -0.25) is 15.0 Å². The highest BCUT2D eigenvalue weighted by Gasteiger charge is 2.18. The van der Waals surface area contributed by atoms with Crippen molar-refractivity contribution in [2.45, 2.75) is 12.8 Å². The maximum Gasteiger partial charge on any atom is 0.204 e. The molecule has 0 aromatic carbocycles. The molecule has 0 aromatic heterocycles. The Labute approximate surface area is 67.2 Å². The highest BCUT2D eigenvalue weighted by molar-refractivity contribution is 5.42. The largest absolute Gasteiger partial charge is 0.372 e. The fraction of sp³-hybridized carbons (Fsp3) is 0.833. The minimum atomic E-state index is -0.875. The van der Waals surface area contributed by atoms with Gasteiger partial charge in [0, 0.05) is 0 Å². The van der Waals surface area contributed by atoms with Crippen molar-refractivity contribution in [1.82, 2.24) is 10.2 Å². The molecule has 0 aliphatic carbocycles. The lowest BCUT2D eigenvalue weighted by atomic mass is 10.4. The van der Waals surface area contributed by atoms with Crippen LogP contribution in [0, 0.1) is 0 Å². The summed E-state index contributed by atoms with van der Waals surface area (Å²) in [5, 5.41) is 11.9. The minimum absolute atomic E-state index is 0.250. The number of nitrogens with two attached hydrogens (primary N) is 1. The van der Waals surface area contributed by atoms with Crippen LogP contribution in [-0.2, 0) is 4.79 Å². The Morgan fingerprint density at radius 3 is 1.91 bits per heavy atom. The SMILES string of the molecule is CNC(C)(O)N(C)C.NC=O. The van der Waals surface area contributed by atoms with E-state index in [0.29, 0.717) is 0 Å². The molecule has 5 heteroatoms. The van der Waals surface area contributed by atoms with E-state index in [1.54, 1.807) is 33.0 Å². The van der Waals surface area contributed by atoms with E-state index in [-0.39, 0.29) is 6.41 Å². The third-order valence-corrected chi connectivity index (χ3v) is 1.34. The van der Waals surface area contributed by atoms with Crippen LogP contribution in [0.25, 0.3) is 0 Å². The highest BCUT2D eigenvalue weighted by atomic mass is 16.3. The van der Waals surface area contributed by atoms with E-state index in [0.717, 1.165) is 0 Å². The number of hydrogen-bond acceptors (Lipinski definition) is 4. The lowest BCUT2D eigenvalue weighted by Gasteiger charge is -2.29. The highest BCUT2D eigenvalue weighted by Crippen LogP contribution is 1.97. The Kier molecular flexibility index (Phi) is 7.18. The van der Waals surface area contributed by atoms with Gasteiger partial charge in [-0.2, -0.15) is 0 Å². The number of aliphatic hydroxyl groups is 1. The molecule has 0 saturated carbocycles. The second kappa shape index (κ2) is 6.09. The first-order valence-corrected chi connectivity index (χ1v) is 3.16. The van der Waals surface area contributed by atoms with Crippen LogP contribution in [0.3, 0.4) is 0 Å². The number of hydrogen-bond donors (Lipinski definition) is 3. The molecule has 0 bridgehead atoms. The summed E-state index contributed by atoms with van der Waals surface area (Å²) in [6.45, 7) is 1.69. The van der Waals surface area contributed by atoms with Crippen LogP contribution in [-0.4, -0.2) is 43.4 Å². The Morgan fingerprint density at radius 2 is 1.91 bits per heavy atom. The van der Waals surface area contributed by atoms with Crippen molar-refractivity contribution < 1.29 is 9.90 Å². The van der Waals surface area contributed by atoms with Crippen LogP contribution in [0.15, 0.2) is 0 Å². The van der Waals surface area contributed by atoms with E-state index in [1.807, 2.05) is 0 Å². The zero-order valence-electron chi connectivity index (χ0n) is 7.46. The molecule has 0 spiro atoms. The first kappa shape index (κ1) is 13.0. The van der Waals surface area contributed by atoms with Crippen LogP contribution in [0.2, 0.25) is 0 Å². The molecule has 0 heterocycles. The van der Waals surface area contributed by atoms with E-state index < -0.39 is 5.85 Å². The monoisotopic (exact) mass is 163 g/mol. The summed E-state index contributed by atoms with van der Waals surface area (Å²) in [7, 11) is 5.31. The van der Waals surface area contributed by atoms with Crippen LogP contribution in [0.5, 0.6) is 0 Å². The normalized spacial score (nSPS) is 14.7. The van der Waals surface area contributed by atoms with E-state index in [2.05, 4.69) is 11.1 Å². The zero-order valence-corrected chi connectivity index (χ0v) is 7.46. The maximum absolute atomic E-state index is 9.22. The quantitative estimate of drug-likeness (QED) is 0.343. The van der Waals surface area contributed by atoms with Crippen LogP contribution in [0.4, 0.5) is 0 Å². The minimum Gasteiger partial charge on any atom is -0.372 e. The summed E-state index contributed by atoms with van der Waals surface area (Å²) >= 11 is 0. The van der Waals surface area contributed by atoms with Crippen molar-refractivity contribution in [3.63, 3.8) is 0 Å². The van der Waals surface area contributed by atoms with Gasteiger partial charge in [0.1, 0.15) is 0 Å². The molecule has 0 saturated heterocycles. The van der Waals surface area contributed by atoms with Crippen molar-refractivity contribution >= 4 is 6.41 Å². The third-order valence-electron chi connectivity index (χ3n) is 1.34. The predicted octanol–water partition coefficient (Wildman–Crippen LogP) is -1.47. The Balaban J connectivity index is 0. The van der Waals surface area contributed by atoms with Gasteiger partial charge in [0.15, 0.2) is 5.85 Å². The summed E-state index contributed by atoms with van der Waals surface area (Å²) in [4.78, 5) is 10.3. The number of rotatable bonds is 2. The smallest absolute Gasteiger partial charge is 0.204 e. The van der Waals surface area contributed by atoms with Gasteiger partial charge in [-0.05, 0) is 28.1 Å². The van der Waals surface area contributed by atoms with E-state index in [1.165, 1.54) is 0 Å². The van der Waals surface area contributed by atoms with Gasteiger partial charge < -0.3 is 10.8 Å². The first-order valence-electron chi connectivity index (χ1n) is 3.16. The van der Waals surface area contributed by atoms with Crippen LogP contribution < -0.4 is 11.1 Å².